The van der Waals surface area contributed by atoms with Gasteiger partial charge in [-0.05, 0) is 0 Å². The second kappa shape index (κ2) is 6.18. The van der Waals surface area contributed by atoms with Crippen molar-refractivity contribution in [3.05, 3.63) is 0 Å². The molecule has 0 spiro atoms. The number of halogens is 9. The van der Waals surface area contributed by atoms with Crippen LogP contribution < -0.4 is 29.6 Å². The molecule has 0 unspecified atom stereocenters. The van der Waals surface area contributed by atoms with E-state index in [0.29, 0.717) is 0 Å². The summed E-state index contributed by atoms with van der Waals surface area (Å²) in [7, 11) is -5.49. The molecule has 0 N–H and O–H groups in total. The molecule has 3 nitrogen and oxygen atoms in total. The molecule has 116 valence electrons. The van der Waals surface area contributed by atoms with Gasteiger partial charge in [0, 0.05) is 12.2 Å². The predicted octanol–water partition coefficient (Wildman–Crippen LogP) is -0.606. The predicted molar refractivity (Wildman–Crippen MR) is 40.1 cm³/mol. The van der Waals surface area contributed by atoms with Crippen LogP contribution in [0.15, 0.2) is 0 Å². The fourth-order valence-corrected chi connectivity index (χ4v) is 1.32. The van der Waals surface area contributed by atoms with Crippen LogP contribution in [-0.2, 0) is 10.1 Å². The Hall–Kier alpha value is 0.280. The van der Waals surface area contributed by atoms with Gasteiger partial charge in [-0.25, -0.2) is 8.42 Å². The third kappa shape index (κ3) is 4.64. The van der Waals surface area contributed by atoms with E-state index in [1.807, 2.05) is 0 Å². The molecule has 0 aromatic carbocycles. The van der Waals surface area contributed by atoms with Crippen molar-refractivity contribution in [2.75, 3.05) is 5.75 Å². The monoisotopic (exact) mass is 350 g/mol. The molecule has 0 radical (unpaired) electrons. The molecule has 0 aromatic rings. The fraction of sp³-hybridized carbons (Fsp3) is 1.00. The van der Waals surface area contributed by atoms with Crippen LogP contribution in [0.5, 0.6) is 0 Å². The SMILES string of the molecule is O=S(=O)([O-])CCC(F)(F)C(F)(F)C(F)(F)C(F)(F)F.[Na+]. The van der Waals surface area contributed by atoms with Crippen LogP contribution in [0.25, 0.3) is 0 Å². The maximum atomic E-state index is 12.6. The number of hydrogen-bond donors (Lipinski definition) is 0. The Morgan fingerprint density at radius 1 is 0.800 bits per heavy atom. The van der Waals surface area contributed by atoms with E-state index >= 15 is 0 Å². The Morgan fingerprint density at radius 2 is 1.15 bits per heavy atom. The summed E-state index contributed by atoms with van der Waals surface area (Å²) in [5.74, 6) is -22.2. The Morgan fingerprint density at radius 3 is 1.40 bits per heavy atom. The van der Waals surface area contributed by atoms with Gasteiger partial charge in [0.15, 0.2) is 0 Å². The first-order chi connectivity index (χ1) is 7.96. The van der Waals surface area contributed by atoms with E-state index in [1.165, 1.54) is 0 Å². The van der Waals surface area contributed by atoms with Gasteiger partial charge in [0.1, 0.15) is 0 Å². The van der Waals surface area contributed by atoms with Crippen LogP contribution in [0, 0.1) is 0 Å². The summed E-state index contributed by atoms with van der Waals surface area (Å²) in [5, 5.41) is 0. The molecule has 0 bridgehead atoms. The minimum Gasteiger partial charge on any atom is -0.748 e. The van der Waals surface area contributed by atoms with Crippen molar-refractivity contribution < 1.29 is 82.0 Å². The largest absolute Gasteiger partial charge is 1.00 e. The molecule has 0 heterocycles. The molecule has 0 aliphatic carbocycles. The van der Waals surface area contributed by atoms with Crippen molar-refractivity contribution in [3.8, 4) is 0 Å². The van der Waals surface area contributed by atoms with E-state index in [-0.39, 0.29) is 29.6 Å². The first kappa shape index (κ1) is 22.6. The molecule has 0 atom stereocenters. The van der Waals surface area contributed by atoms with E-state index in [1.54, 1.807) is 0 Å². The average Bonchev–Trinajstić information content (AvgIpc) is 2.11. The summed E-state index contributed by atoms with van der Waals surface area (Å²) in [4.78, 5) is 0. The van der Waals surface area contributed by atoms with Crippen LogP contribution in [0.4, 0.5) is 39.5 Å². The van der Waals surface area contributed by atoms with Crippen molar-refractivity contribution >= 4 is 10.1 Å². The van der Waals surface area contributed by atoms with Gasteiger partial charge in [-0.2, -0.15) is 39.5 Å². The van der Waals surface area contributed by atoms with Gasteiger partial charge in [0.2, 0.25) is 0 Å². The number of rotatable bonds is 5. The maximum Gasteiger partial charge on any atom is 1.00 e. The third-order valence-corrected chi connectivity index (χ3v) is 2.58. The normalized spacial score (nSPS) is 14.9. The third-order valence-electron chi connectivity index (χ3n) is 1.88. The zero-order valence-corrected chi connectivity index (χ0v) is 12.3. The second-order valence-electron chi connectivity index (χ2n) is 3.36. The topological polar surface area (TPSA) is 57.2 Å². The van der Waals surface area contributed by atoms with Gasteiger partial charge in [-0.15, -0.1) is 0 Å². The summed E-state index contributed by atoms with van der Waals surface area (Å²) in [6.45, 7) is 0. The van der Waals surface area contributed by atoms with Gasteiger partial charge < -0.3 is 4.55 Å². The van der Waals surface area contributed by atoms with Crippen molar-refractivity contribution in [1.82, 2.24) is 0 Å². The zero-order valence-electron chi connectivity index (χ0n) is 9.45. The molecule has 0 aromatic heterocycles. The van der Waals surface area contributed by atoms with E-state index in [9.17, 15) is 52.5 Å². The van der Waals surface area contributed by atoms with Crippen molar-refractivity contribution in [3.63, 3.8) is 0 Å². The molecule has 20 heavy (non-hydrogen) atoms. The smallest absolute Gasteiger partial charge is 0.748 e. The van der Waals surface area contributed by atoms with Gasteiger partial charge in [-0.1, -0.05) is 0 Å². The fourth-order valence-electron chi connectivity index (χ4n) is 0.818. The molecule has 0 saturated heterocycles. The minimum absolute atomic E-state index is 0. The first-order valence-electron chi connectivity index (χ1n) is 4.09. The molecule has 0 aliphatic heterocycles. The molecule has 0 rings (SSSR count). The molecule has 0 saturated carbocycles. The first-order valence-corrected chi connectivity index (χ1v) is 5.67. The summed E-state index contributed by atoms with van der Waals surface area (Å²) < 4.78 is 139. The van der Waals surface area contributed by atoms with Crippen LogP contribution in [0.1, 0.15) is 6.42 Å². The molecule has 0 amide bonds. The van der Waals surface area contributed by atoms with Crippen LogP contribution in [0.2, 0.25) is 0 Å². The van der Waals surface area contributed by atoms with E-state index < -0.39 is 46.2 Å². The Labute approximate surface area is 128 Å². The quantitative estimate of drug-likeness (QED) is 0.378. The molecule has 0 aliphatic rings. The van der Waals surface area contributed by atoms with E-state index in [2.05, 4.69) is 0 Å². The van der Waals surface area contributed by atoms with Crippen molar-refractivity contribution in [1.29, 1.82) is 0 Å². The Balaban J connectivity index is 0. The Kier molecular flexibility index (Phi) is 6.97. The zero-order chi connectivity index (χ0) is 15.9. The Bertz CT molecular complexity index is 429. The second-order valence-corrected chi connectivity index (χ2v) is 4.89. The van der Waals surface area contributed by atoms with Gasteiger partial charge in [-0.3, -0.25) is 0 Å². The van der Waals surface area contributed by atoms with Gasteiger partial charge >= 0.3 is 53.5 Å². The van der Waals surface area contributed by atoms with Crippen LogP contribution in [0.3, 0.4) is 0 Å². The maximum absolute atomic E-state index is 12.6. The number of alkyl halides is 9. The average molecular weight is 350 g/mol. The summed E-state index contributed by atoms with van der Waals surface area (Å²) in [6, 6.07) is 0. The molecular formula is C6H4F9NaO3S. The van der Waals surface area contributed by atoms with Crippen LogP contribution in [-0.4, -0.2) is 42.7 Å². The van der Waals surface area contributed by atoms with Gasteiger partial charge in [0.25, 0.3) is 0 Å². The molecule has 14 heteroatoms. The van der Waals surface area contributed by atoms with Crippen LogP contribution >= 0.6 is 0 Å². The number of hydrogen-bond acceptors (Lipinski definition) is 3. The standard InChI is InChI=1S/C6H5F9O3S.Na/c7-3(8,1-2-19(16,17)18)4(9,10)5(11,12)6(13,14)15;/h1-2H2,(H,16,17,18);/q;+1/p-1. The van der Waals surface area contributed by atoms with E-state index in [4.69, 9.17) is 0 Å². The molecule has 0 fully saturated rings. The van der Waals surface area contributed by atoms with Crippen molar-refractivity contribution in [2.45, 2.75) is 30.4 Å². The van der Waals surface area contributed by atoms with Gasteiger partial charge in [0.05, 0.1) is 10.1 Å². The summed E-state index contributed by atoms with van der Waals surface area (Å²) in [6.07, 6.45) is -9.65. The summed E-state index contributed by atoms with van der Waals surface area (Å²) in [5.41, 5.74) is 0. The summed E-state index contributed by atoms with van der Waals surface area (Å²) >= 11 is 0. The van der Waals surface area contributed by atoms with Crippen molar-refractivity contribution in [2.24, 2.45) is 0 Å². The van der Waals surface area contributed by atoms with E-state index in [0.717, 1.165) is 0 Å². The molecular weight excluding hydrogens is 346 g/mol. The minimum atomic E-state index is -7.09.